The molecule has 3 aromatic carbocycles. The van der Waals surface area contributed by atoms with E-state index in [1.807, 2.05) is 31.2 Å². The number of nitrogens with one attached hydrogen (secondary N) is 2. The third kappa shape index (κ3) is 6.52. The van der Waals surface area contributed by atoms with Crippen LogP contribution >= 0.6 is 0 Å². The highest BCUT2D eigenvalue weighted by Crippen LogP contribution is 2.15. The maximum atomic E-state index is 12.7. The highest BCUT2D eigenvalue weighted by atomic mass is 16.5. The Hall–Kier alpha value is -4.46. The van der Waals surface area contributed by atoms with Gasteiger partial charge in [-0.1, -0.05) is 42.0 Å². The molecule has 2 amide bonds. The van der Waals surface area contributed by atoms with E-state index in [1.54, 1.807) is 24.3 Å². The quantitative estimate of drug-likeness (QED) is 0.498. The van der Waals surface area contributed by atoms with Gasteiger partial charge in [0.1, 0.15) is 0 Å². The summed E-state index contributed by atoms with van der Waals surface area (Å²) in [5.41, 5.74) is 3.12. The Balaban J connectivity index is 1.55. The molecule has 0 saturated carbocycles. The van der Waals surface area contributed by atoms with Gasteiger partial charge >= 0.3 is 11.9 Å². The van der Waals surface area contributed by atoms with Crippen molar-refractivity contribution in [3.63, 3.8) is 0 Å². The minimum absolute atomic E-state index is 0.177. The van der Waals surface area contributed by atoms with Crippen molar-refractivity contribution in [3.05, 3.63) is 101 Å². The Morgan fingerprint density at radius 2 is 1.41 bits per heavy atom. The zero-order valence-electron chi connectivity index (χ0n) is 18.8. The highest BCUT2D eigenvalue weighted by molar-refractivity contribution is 6.04. The van der Waals surface area contributed by atoms with Gasteiger partial charge in [-0.3, -0.25) is 9.59 Å². The van der Waals surface area contributed by atoms with Gasteiger partial charge in [0.15, 0.2) is 6.61 Å². The summed E-state index contributed by atoms with van der Waals surface area (Å²) in [6.45, 7) is 1.78. The van der Waals surface area contributed by atoms with Gasteiger partial charge in [-0.05, 0) is 48.9 Å². The van der Waals surface area contributed by atoms with Crippen LogP contribution in [0.1, 0.15) is 42.2 Å². The molecule has 8 nitrogen and oxygen atoms in total. The Bertz CT molecular complexity index is 1190. The molecule has 0 aliphatic rings. The summed E-state index contributed by atoms with van der Waals surface area (Å²) < 4.78 is 9.64. The van der Waals surface area contributed by atoms with E-state index >= 15 is 0 Å². The van der Waals surface area contributed by atoms with Crippen molar-refractivity contribution in [2.24, 2.45) is 0 Å². The number of ether oxygens (including phenoxy) is 2. The number of benzene rings is 3. The van der Waals surface area contributed by atoms with Gasteiger partial charge in [0.2, 0.25) is 0 Å². The minimum atomic E-state index is -0.726. The number of rotatable bonds is 8. The average molecular weight is 460 g/mol. The summed E-state index contributed by atoms with van der Waals surface area (Å²) in [5.74, 6) is -2.20. The number of aryl methyl sites for hydroxylation is 1. The Labute approximate surface area is 196 Å². The highest BCUT2D eigenvalue weighted by Gasteiger charge is 2.15. The maximum Gasteiger partial charge on any atom is 0.338 e. The first kappa shape index (κ1) is 24.2. The molecule has 0 aliphatic heterocycles. The molecule has 3 rings (SSSR count). The fraction of sp³-hybridized carbons (Fsp3) is 0.154. The molecule has 0 unspecified atom stereocenters. The molecule has 2 N–H and O–H groups in total. The van der Waals surface area contributed by atoms with Gasteiger partial charge in [-0.2, -0.15) is 0 Å². The predicted molar refractivity (Wildman–Crippen MR) is 125 cm³/mol. The Kier molecular flexibility index (Phi) is 8.12. The van der Waals surface area contributed by atoms with Crippen LogP contribution in [0.4, 0.5) is 5.69 Å². The molecule has 0 radical (unpaired) electrons. The van der Waals surface area contributed by atoms with Crippen LogP contribution in [0.15, 0.2) is 72.8 Å². The summed E-state index contributed by atoms with van der Waals surface area (Å²) in [6.07, 6.45) is 0. The van der Waals surface area contributed by atoms with E-state index in [0.717, 1.165) is 11.1 Å². The van der Waals surface area contributed by atoms with Gasteiger partial charge in [-0.15, -0.1) is 0 Å². The van der Waals surface area contributed by atoms with Crippen LogP contribution in [0, 0.1) is 6.92 Å². The lowest BCUT2D eigenvalue weighted by Gasteiger charge is -2.12. The van der Waals surface area contributed by atoms with Gasteiger partial charge in [0, 0.05) is 6.54 Å². The molecule has 34 heavy (non-hydrogen) atoms. The SMILES string of the molecule is COC(=O)c1ccc(C(=O)OCC(=O)Nc2ccccc2C(=O)NCc2ccc(C)cc2)cc1. The molecule has 0 aliphatic carbocycles. The number of anilines is 1. The number of hydrogen-bond donors (Lipinski definition) is 2. The number of methoxy groups -OCH3 is 1. The van der Waals surface area contributed by atoms with Crippen molar-refractivity contribution in [2.75, 3.05) is 19.0 Å². The minimum Gasteiger partial charge on any atom is -0.465 e. The number of carbonyl (C=O) groups is 4. The second-order valence-electron chi connectivity index (χ2n) is 7.41. The van der Waals surface area contributed by atoms with Crippen LogP contribution in [0.2, 0.25) is 0 Å². The first-order valence-corrected chi connectivity index (χ1v) is 10.5. The van der Waals surface area contributed by atoms with E-state index < -0.39 is 24.5 Å². The normalized spacial score (nSPS) is 10.2. The van der Waals surface area contributed by atoms with Gasteiger partial charge < -0.3 is 20.1 Å². The van der Waals surface area contributed by atoms with Crippen molar-refractivity contribution in [3.8, 4) is 0 Å². The predicted octanol–water partition coefficient (Wildman–Crippen LogP) is 3.51. The van der Waals surface area contributed by atoms with Crippen molar-refractivity contribution in [2.45, 2.75) is 13.5 Å². The molecular formula is C26H24N2O6. The van der Waals surface area contributed by atoms with E-state index in [0.29, 0.717) is 12.2 Å². The van der Waals surface area contributed by atoms with Gasteiger partial charge in [0.05, 0.1) is 29.5 Å². The fourth-order valence-corrected chi connectivity index (χ4v) is 3.03. The van der Waals surface area contributed by atoms with Gasteiger partial charge in [-0.25, -0.2) is 9.59 Å². The lowest BCUT2D eigenvalue weighted by atomic mass is 10.1. The van der Waals surface area contributed by atoms with Crippen molar-refractivity contribution >= 4 is 29.4 Å². The van der Waals surface area contributed by atoms with Crippen molar-refractivity contribution < 1.29 is 28.7 Å². The van der Waals surface area contributed by atoms with Crippen LogP contribution in [-0.4, -0.2) is 37.5 Å². The fourth-order valence-electron chi connectivity index (χ4n) is 3.03. The summed E-state index contributed by atoms with van der Waals surface area (Å²) in [4.78, 5) is 48.6. The molecular weight excluding hydrogens is 436 g/mol. The molecule has 8 heteroatoms. The van der Waals surface area contributed by atoms with E-state index in [1.165, 1.54) is 31.4 Å². The number of amides is 2. The Morgan fingerprint density at radius 1 is 0.794 bits per heavy atom. The smallest absolute Gasteiger partial charge is 0.338 e. The molecule has 0 atom stereocenters. The number of hydrogen-bond acceptors (Lipinski definition) is 6. The first-order chi connectivity index (χ1) is 16.4. The maximum absolute atomic E-state index is 12.7. The van der Waals surface area contributed by atoms with E-state index in [-0.39, 0.29) is 22.6 Å². The molecule has 3 aromatic rings. The number of para-hydroxylation sites is 1. The number of carbonyl (C=O) groups excluding carboxylic acids is 4. The largest absolute Gasteiger partial charge is 0.465 e. The second kappa shape index (κ2) is 11.4. The van der Waals surface area contributed by atoms with E-state index in [2.05, 4.69) is 15.4 Å². The first-order valence-electron chi connectivity index (χ1n) is 10.5. The zero-order valence-corrected chi connectivity index (χ0v) is 18.8. The third-order valence-corrected chi connectivity index (χ3v) is 4.90. The molecule has 0 bridgehead atoms. The summed E-state index contributed by atoms with van der Waals surface area (Å²) >= 11 is 0. The van der Waals surface area contributed by atoms with E-state index in [9.17, 15) is 19.2 Å². The molecule has 0 spiro atoms. The lowest BCUT2D eigenvalue weighted by molar-refractivity contribution is -0.119. The monoisotopic (exact) mass is 460 g/mol. The second-order valence-corrected chi connectivity index (χ2v) is 7.41. The summed E-state index contributed by atoms with van der Waals surface area (Å²) in [5, 5.41) is 5.43. The molecule has 0 fully saturated rings. The molecule has 0 saturated heterocycles. The van der Waals surface area contributed by atoms with Crippen LogP contribution in [0.5, 0.6) is 0 Å². The average Bonchev–Trinajstić information content (AvgIpc) is 2.86. The van der Waals surface area contributed by atoms with Crippen LogP contribution in [-0.2, 0) is 20.8 Å². The zero-order chi connectivity index (χ0) is 24.5. The van der Waals surface area contributed by atoms with Crippen molar-refractivity contribution in [1.29, 1.82) is 0 Å². The van der Waals surface area contributed by atoms with Gasteiger partial charge in [0.25, 0.3) is 11.8 Å². The van der Waals surface area contributed by atoms with Crippen LogP contribution in [0.25, 0.3) is 0 Å². The summed E-state index contributed by atoms with van der Waals surface area (Å²) in [7, 11) is 1.26. The third-order valence-electron chi connectivity index (χ3n) is 4.90. The lowest BCUT2D eigenvalue weighted by Crippen LogP contribution is -2.26. The molecule has 0 heterocycles. The molecule has 0 aromatic heterocycles. The van der Waals surface area contributed by atoms with Crippen LogP contribution < -0.4 is 10.6 Å². The standard InChI is InChI=1S/C26H24N2O6/c1-17-7-9-18(10-8-17)15-27-24(30)21-5-3-4-6-22(21)28-23(29)16-34-26(32)20-13-11-19(12-14-20)25(31)33-2/h3-14H,15-16H2,1-2H3,(H,27,30)(H,28,29). The van der Waals surface area contributed by atoms with Crippen molar-refractivity contribution in [1.82, 2.24) is 5.32 Å². The molecule has 174 valence electrons. The Morgan fingerprint density at radius 3 is 2.06 bits per heavy atom. The number of esters is 2. The van der Waals surface area contributed by atoms with E-state index in [4.69, 9.17) is 4.74 Å². The topological polar surface area (TPSA) is 111 Å². The van der Waals surface area contributed by atoms with Crippen LogP contribution in [0.3, 0.4) is 0 Å². The summed E-state index contributed by atoms with van der Waals surface area (Å²) in [6, 6.07) is 20.0.